The van der Waals surface area contributed by atoms with Gasteiger partial charge in [-0.2, -0.15) is 5.10 Å². The van der Waals surface area contributed by atoms with Gasteiger partial charge in [0.15, 0.2) is 0 Å². The van der Waals surface area contributed by atoms with Crippen LogP contribution in [0.1, 0.15) is 32.2 Å². The molecule has 1 atom stereocenters. The maximum Gasteiger partial charge on any atom is 0.138 e. The molecule has 0 spiro atoms. The van der Waals surface area contributed by atoms with Crippen LogP contribution in [0.3, 0.4) is 0 Å². The Morgan fingerprint density at radius 3 is 2.70 bits per heavy atom. The van der Waals surface area contributed by atoms with Crippen LogP contribution in [-0.4, -0.2) is 19.9 Å². The Labute approximate surface area is 118 Å². The molecule has 2 aromatic rings. The summed E-state index contributed by atoms with van der Waals surface area (Å²) in [6.45, 7) is 6.49. The van der Waals surface area contributed by atoms with Crippen LogP contribution in [0.2, 0.25) is 0 Å². The Balaban J connectivity index is 2.25. The Hall–Kier alpha value is -1.75. The monoisotopic (exact) mass is 277 g/mol. The standard InChI is InChI=1S/C15H20FN3O/c1-11(2)9-19-14(17-10-18-19)8-15(3,20)12-6-4-5-7-13(12)16/h4-7,10-11,20H,8-9H2,1-3H3. The minimum Gasteiger partial charge on any atom is -0.385 e. The lowest BCUT2D eigenvalue weighted by Gasteiger charge is -2.24. The first-order valence-corrected chi connectivity index (χ1v) is 6.74. The van der Waals surface area contributed by atoms with Crippen LogP contribution in [0.25, 0.3) is 0 Å². The third-order valence-corrected chi connectivity index (χ3v) is 3.19. The minimum atomic E-state index is -1.31. The van der Waals surface area contributed by atoms with Crippen LogP contribution >= 0.6 is 0 Å². The normalized spacial score (nSPS) is 14.5. The molecule has 1 aromatic carbocycles. The van der Waals surface area contributed by atoms with Gasteiger partial charge >= 0.3 is 0 Å². The Morgan fingerprint density at radius 2 is 2.05 bits per heavy atom. The number of hydrogen-bond donors (Lipinski definition) is 1. The van der Waals surface area contributed by atoms with Crippen molar-refractivity contribution in [1.82, 2.24) is 14.8 Å². The van der Waals surface area contributed by atoms with Crippen LogP contribution in [0.5, 0.6) is 0 Å². The van der Waals surface area contributed by atoms with Crippen molar-refractivity contribution in [3.05, 3.63) is 47.8 Å². The van der Waals surface area contributed by atoms with Crippen LogP contribution in [-0.2, 0) is 18.6 Å². The van der Waals surface area contributed by atoms with Gasteiger partial charge in [0.1, 0.15) is 18.0 Å². The quantitative estimate of drug-likeness (QED) is 0.913. The highest BCUT2D eigenvalue weighted by Crippen LogP contribution is 2.26. The topological polar surface area (TPSA) is 50.9 Å². The molecular weight excluding hydrogens is 257 g/mol. The van der Waals surface area contributed by atoms with E-state index in [0.717, 1.165) is 6.54 Å². The smallest absolute Gasteiger partial charge is 0.138 e. The largest absolute Gasteiger partial charge is 0.385 e. The molecule has 0 aliphatic rings. The first kappa shape index (κ1) is 14.7. The third-order valence-electron chi connectivity index (χ3n) is 3.19. The van der Waals surface area contributed by atoms with E-state index in [1.165, 1.54) is 12.4 Å². The van der Waals surface area contributed by atoms with Crippen LogP contribution in [0, 0.1) is 11.7 Å². The van der Waals surface area contributed by atoms with Crippen LogP contribution in [0.4, 0.5) is 4.39 Å². The third kappa shape index (κ3) is 3.22. The van der Waals surface area contributed by atoms with E-state index in [0.29, 0.717) is 11.7 Å². The van der Waals surface area contributed by atoms with E-state index in [1.54, 1.807) is 29.8 Å². The molecule has 0 aliphatic heterocycles. The number of aromatic nitrogens is 3. The van der Waals surface area contributed by atoms with E-state index in [1.807, 2.05) is 0 Å². The van der Waals surface area contributed by atoms with Crippen molar-refractivity contribution in [2.75, 3.05) is 0 Å². The van der Waals surface area contributed by atoms with Gasteiger partial charge in [-0.3, -0.25) is 0 Å². The summed E-state index contributed by atoms with van der Waals surface area (Å²) in [4.78, 5) is 4.18. The van der Waals surface area contributed by atoms with Gasteiger partial charge in [0, 0.05) is 18.5 Å². The maximum atomic E-state index is 13.8. The fraction of sp³-hybridized carbons (Fsp3) is 0.467. The summed E-state index contributed by atoms with van der Waals surface area (Å²) in [5, 5.41) is 14.7. The number of rotatable bonds is 5. The van der Waals surface area contributed by atoms with E-state index in [2.05, 4.69) is 23.9 Å². The number of hydrogen-bond acceptors (Lipinski definition) is 3. The summed E-state index contributed by atoms with van der Waals surface area (Å²) in [7, 11) is 0. The van der Waals surface area contributed by atoms with E-state index in [-0.39, 0.29) is 12.0 Å². The zero-order valence-corrected chi connectivity index (χ0v) is 12.0. The molecule has 20 heavy (non-hydrogen) atoms. The number of halogens is 1. The van der Waals surface area contributed by atoms with E-state index < -0.39 is 11.4 Å². The van der Waals surface area contributed by atoms with Gasteiger partial charge in [-0.1, -0.05) is 32.0 Å². The lowest BCUT2D eigenvalue weighted by atomic mass is 9.91. The van der Waals surface area contributed by atoms with Crippen molar-refractivity contribution in [3.63, 3.8) is 0 Å². The summed E-state index contributed by atoms with van der Waals surface area (Å²) < 4.78 is 15.6. The molecule has 1 aromatic heterocycles. The maximum absolute atomic E-state index is 13.8. The minimum absolute atomic E-state index is 0.223. The molecule has 0 saturated heterocycles. The molecule has 1 N–H and O–H groups in total. The van der Waals surface area contributed by atoms with E-state index in [4.69, 9.17) is 0 Å². The molecule has 0 fully saturated rings. The van der Waals surface area contributed by atoms with Gasteiger partial charge in [0.25, 0.3) is 0 Å². The van der Waals surface area contributed by atoms with Gasteiger partial charge in [0.2, 0.25) is 0 Å². The molecule has 0 amide bonds. The molecule has 0 radical (unpaired) electrons. The second-order valence-corrected chi connectivity index (χ2v) is 5.68. The summed E-state index contributed by atoms with van der Waals surface area (Å²) in [6.07, 6.45) is 1.69. The number of aliphatic hydroxyl groups is 1. The Bertz CT molecular complexity index is 578. The van der Waals surface area contributed by atoms with Gasteiger partial charge in [0.05, 0.1) is 5.60 Å². The zero-order chi connectivity index (χ0) is 14.8. The second kappa shape index (κ2) is 5.71. The van der Waals surface area contributed by atoms with Crippen molar-refractivity contribution in [3.8, 4) is 0 Å². The highest BCUT2D eigenvalue weighted by atomic mass is 19.1. The highest BCUT2D eigenvalue weighted by molar-refractivity contribution is 5.24. The Kier molecular flexibility index (Phi) is 4.18. The predicted molar refractivity (Wildman–Crippen MR) is 74.5 cm³/mol. The van der Waals surface area contributed by atoms with Crippen LogP contribution < -0.4 is 0 Å². The lowest BCUT2D eigenvalue weighted by molar-refractivity contribution is 0.0503. The Morgan fingerprint density at radius 1 is 1.35 bits per heavy atom. The average molecular weight is 277 g/mol. The van der Waals surface area contributed by atoms with Crippen molar-refractivity contribution < 1.29 is 9.50 Å². The fourth-order valence-electron chi connectivity index (χ4n) is 2.22. The van der Waals surface area contributed by atoms with Crippen molar-refractivity contribution >= 4 is 0 Å². The molecular formula is C15H20FN3O. The second-order valence-electron chi connectivity index (χ2n) is 5.68. The van der Waals surface area contributed by atoms with Gasteiger partial charge < -0.3 is 5.11 Å². The van der Waals surface area contributed by atoms with Crippen molar-refractivity contribution in [1.29, 1.82) is 0 Å². The zero-order valence-electron chi connectivity index (χ0n) is 12.0. The summed E-state index contributed by atoms with van der Waals surface area (Å²) in [6, 6.07) is 6.27. The molecule has 0 aliphatic carbocycles. The molecule has 0 bridgehead atoms. The molecule has 5 heteroatoms. The fourth-order valence-corrected chi connectivity index (χ4v) is 2.22. The van der Waals surface area contributed by atoms with E-state index >= 15 is 0 Å². The number of benzene rings is 1. The molecule has 1 heterocycles. The first-order valence-electron chi connectivity index (χ1n) is 6.74. The first-order chi connectivity index (χ1) is 9.40. The van der Waals surface area contributed by atoms with Gasteiger partial charge in [-0.05, 0) is 18.9 Å². The summed E-state index contributed by atoms with van der Waals surface area (Å²) in [5.74, 6) is 0.674. The highest BCUT2D eigenvalue weighted by Gasteiger charge is 2.28. The summed E-state index contributed by atoms with van der Waals surface area (Å²) >= 11 is 0. The van der Waals surface area contributed by atoms with Gasteiger partial charge in [-0.25, -0.2) is 14.1 Å². The summed E-state index contributed by atoms with van der Waals surface area (Å²) in [5.41, 5.74) is -1.04. The van der Waals surface area contributed by atoms with Crippen molar-refractivity contribution in [2.24, 2.45) is 5.92 Å². The molecule has 108 valence electrons. The predicted octanol–water partition coefficient (Wildman–Crippen LogP) is 2.52. The number of nitrogens with zero attached hydrogens (tertiary/aromatic N) is 3. The molecule has 0 saturated carbocycles. The van der Waals surface area contributed by atoms with Crippen LogP contribution in [0.15, 0.2) is 30.6 Å². The van der Waals surface area contributed by atoms with Gasteiger partial charge in [-0.15, -0.1) is 0 Å². The average Bonchev–Trinajstić information content (AvgIpc) is 2.75. The molecule has 4 nitrogen and oxygen atoms in total. The molecule has 2 rings (SSSR count). The van der Waals surface area contributed by atoms with E-state index in [9.17, 15) is 9.50 Å². The SMILES string of the molecule is CC(C)Cn1ncnc1CC(C)(O)c1ccccc1F. The van der Waals surface area contributed by atoms with Crippen molar-refractivity contribution in [2.45, 2.75) is 39.3 Å². The lowest BCUT2D eigenvalue weighted by Crippen LogP contribution is -2.28. The molecule has 1 unspecified atom stereocenters.